The Hall–Kier alpha value is -3.55. The molecule has 3 rings (SSSR count). The number of carbonyl (C=O) groups is 1. The molecule has 158 valence electrons. The summed E-state index contributed by atoms with van der Waals surface area (Å²) in [6.07, 6.45) is 1.06. The van der Waals surface area contributed by atoms with E-state index in [0.717, 1.165) is 5.56 Å². The van der Waals surface area contributed by atoms with Gasteiger partial charge in [-0.3, -0.25) is 15.0 Å². The van der Waals surface area contributed by atoms with Crippen LogP contribution in [0.15, 0.2) is 61.2 Å². The number of carbonyl (C=O) groups excluding carboxylic acids is 1. The fourth-order valence-corrected chi connectivity index (χ4v) is 3.76. The van der Waals surface area contributed by atoms with Crippen LogP contribution in [-0.2, 0) is 11.3 Å². The van der Waals surface area contributed by atoms with Crippen molar-refractivity contribution in [3.63, 3.8) is 0 Å². The fourth-order valence-electron chi connectivity index (χ4n) is 3.76. The van der Waals surface area contributed by atoms with Gasteiger partial charge in [-0.25, -0.2) is 4.79 Å². The van der Waals surface area contributed by atoms with E-state index in [4.69, 9.17) is 14.2 Å². The average molecular weight is 412 g/mol. The van der Waals surface area contributed by atoms with Gasteiger partial charge in [-0.05, 0) is 23.3 Å². The first-order chi connectivity index (χ1) is 14.5. The van der Waals surface area contributed by atoms with Crippen LogP contribution in [0.25, 0.3) is 0 Å². The standard InChI is InChI=1S/C22H24N2O6/c1-4-17-13-18(24(26)27)21(16-10-11-19(28-2)20(12-16)29-3)23(17)22(25)30-14-15-8-6-5-7-9-15/h4-12,17-18,21H,1,13-14H2,2-3H3/t17-,18+,21-/m0/s1. The summed E-state index contributed by atoms with van der Waals surface area (Å²) < 4.78 is 16.1. The third-order valence-corrected chi connectivity index (χ3v) is 5.21. The van der Waals surface area contributed by atoms with Gasteiger partial charge in [0.2, 0.25) is 6.04 Å². The Morgan fingerprint density at radius 1 is 1.20 bits per heavy atom. The van der Waals surface area contributed by atoms with Crippen molar-refractivity contribution in [1.82, 2.24) is 4.90 Å². The molecule has 0 bridgehead atoms. The largest absolute Gasteiger partial charge is 0.493 e. The normalized spacial score (nSPS) is 20.5. The smallest absolute Gasteiger partial charge is 0.411 e. The van der Waals surface area contributed by atoms with Gasteiger partial charge >= 0.3 is 6.09 Å². The molecule has 0 saturated carbocycles. The molecular weight excluding hydrogens is 388 g/mol. The first kappa shape index (κ1) is 21.2. The predicted octanol–water partition coefficient (Wildman–Crippen LogP) is 3.99. The number of methoxy groups -OCH3 is 2. The van der Waals surface area contributed by atoms with Gasteiger partial charge in [-0.15, -0.1) is 6.58 Å². The summed E-state index contributed by atoms with van der Waals surface area (Å²) in [5.41, 5.74) is 1.39. The maximum absolute atomic E-state index is 13.0. The van der Waals surface area contributed by atoms with Gasteiger partial charge in [0.05, 0.1) is 20.3 Å². The van der Waals surface area contributed by atoms with Crippen LogP contribution in [-0.4, -0.2) is 42.2 Å². The van der Waals surface area contributed by atoms with Crippen LogP contribution >= 0.6 is 0 Å². The first-order valence-electron chi connectivity index (χ1n) is 9.47. The number of amides is 1. The first-order valence-corrected chi connectivity index (χ1v) is 9.47. The molecule has 30 heavy (non-hydrogen) atoms. The Morgan fingerprint density at radius 2 is 1.90 bits per heavy atom. The maximum Gasteiger partial charge on any atom is 0.411 e. The zero-order chi connectivity index (χ0) is 21.7. The van der Waals surface area contributed by atoms with E-state index in [1.54, 1.807) is 24.3 Å². The molecule has 0 radical (unpaired) electrons. The average Bonchev–Trinajstić information content (AvgIpc) is 3.17. The van der Waals surface area contributed by atoms with Gasteiger partial charge in [0.1, 0.15) is 12.6 Å². The zero-order valence-electron chi connectivity index (χ0n) is 16.9. The topological polar surface area (TPSA) is 91.1 Å². The lowest BCUT2D eigenvalue weighted by Crippen LogP contribution is -2.39. The molecule has 0 unspecified atom stereocenters. The molecule has 1 amide bonds. The van der Waals surface area contributed by atoms with Crippen LogP contribution in [0.3, 0.4) is 0 Å². The van der Waals surface area contributed by atoms with Gasteiger partial charge in [0, 0.05) is 11.3 Å². The summed E-state index contributed by atoms with van der Waals surface area (Å²) in [6.45, 7) is 3.83. The summed E-state index contributed by atoms with van der Waals surface area (Å²) in [5, 5.41) is 11.8. The predicted molar refractivity (Wildman–Crippen MR) is 110 cm³/mol. The molecule has 0 N–H and O–H groups in total. The molecule has 1 heterocycles. The van der Waals surface area contributed by atoms with Crippen LogP contribution < -0.4 is 9.47 Å². The van der Waals surface area contributed by atoms with Crippen LogP contribution in [0, 0.1) is 10.1 Å². The second kappa shape index (κ2) is 9.30. The molecular formula is C22H24N2O6. The number of benzene rings is 2. The Labute approximate surface area is 174 Å². The van der Waals surface area contributed by atoms with Crippen molar-refractivity contribution in [3.05, 3.63) is 82.4 Å². The fraction of sp³-hybridized carbons (Fsp3) is 0.318. The second-order valence-electron chi connectivity index (χ2n) is 6.90. The molecule has 3 atom stereocenters. The maximum atomic E-state index is 13.0. The van der Waals surface area contributed by atoms with Crippen molar-refractivity contribution in [2.75, 3.05) is 14.2 Å². The highest BCUT2D eigenvalue weighted by molar-refractivity contribution is 5.70. The molecule has 0 aromatic heterocycles. The van der Waals surface area contributed by atoms with Crippen molar-refractivity contribution in [2.45, 2.75) is 31.2 Å². The van der Waals surface area contributed by atoms with E-state index < -0.39 is 24.2 Å². The summed E-state index contributed by atoms with van der Waals surface area (Å²) in [5.74, 6) is 0.923. The Morgan fingerprint density at radius 3 is 2.50 bits per heavy atom. The highest BCUT2D eigenvalue weighted by atomic mass is 16.6. The van der Waals surface area contributed by atoms with Crippen LogP contribution in [0.1, 0.15) is 23.6 Å². The number of nitro groups is 1. The summed E-state index contributed by atoms with van der Waals surface area (Å²) in [4.78, 5) is 25.8. The number of hydrogen-bond acceptors (Lipinski definition) is 6. The third-order valence-electron chi connectivity index (χ3n) is 5.21. The molecule has 2 aromatic rings. The van der Waals surface area contributed by atoms with E-state index in [9.17, 15) is 14.9 Å². The number of hydrogen-bond donors (Lipinski definition) is 0. The van der Waals surface area contributed by atoms with E-state index in [2.05, 4.69) is 6.58 Å². The van der Waals surface area contributed by atoms with E-state index in [1.165, 1.54) is 19.1 Å². The molecule has 1 fully saturated rings. The minimum Gasteiger partial charge on any atom is -0.493 e. The van der Waals surface area contributed by atoms with Crippen molar-refractivity contribution < 1.29 is 23.9 Å². The minimum absolute atomic E-state index is 0.0713. The molecule has 8 heteroatoms. The molecule has 1 aliphatic heterocycles. The van der Waals surface area contributed by atoms with Crippen molar-refractivity contribution >= 4 is 6.09 Å². The van der Waals surface area contributed by atoms with E-state index in [-0.39, 0.29) is 18.0 Å². The highest BCUT2D eigenvalue weighted by Crippen LogP contribution is 2.41. The van der Waals surface area contributed by atoms with E-state index >= 15 is 0 Å². The molecule has 1 saturated heterocycles. The zero-order valence-corrected chi connectivity index (χ0v) is 16.9. The van der Waals surface area contributed by atoms with E-state index in [1.807, 2.05) is 30.3 Å². The summed E-state index contributed by atoms with van der Waals surface area (Å²) >= 11 is 0. The lowest BCUT2D eigenvalue weighted by atomic mass is 10.00. The van der Waals surface area contributed by atoms with Crippen LogP contribution in [0.2, 0.25) is 0 Å². The molecule has 0 aliphatic carbocycles. The van der Waals surface area contributed by atoms with Crippen LogP contribution in [0.5, 0.6) is 11.5 Å². The third kappa shape index (κ3) is 4.22. The highest BCUT2D eigenvalue weighted by Gasteiger charge is 2.51. The van der Waals surface area contributed by atoms with Crippen LogP contribution in [0.4, 0.5) is 4.79 Å². The van der Waals surface area contributed by atoms with Gasteiger partial charge in [0.25, 0.3) is 0 Å². The number of likely N-dealkylation sites (tertiary alicyclic amines) is 1. The van der Waals surface area contributed by atoms with Gasteiger partial charge < -0.3 is 14.2 Å². The number of nitrogens with zero attached hydrogens (tertiary/aromatic N) is 2. The van der Waals surface area contributed by atoms with Gasteiger partial charge in [-0.2, -0.15) is 0 Å². The Bertz CT molecular complexity index is 917. The summed E-state index contributed by atoms with van der Waals surface area (Å²) in [7, 11) is 2.99. The van der Waals surface area contributed by atoms with Gasteiger partial charge in [0.15, 0.2) is 11.5 Å². The Kier molecular flexibility index (Phi) is 6.56. The lowest BCUT2D eigenvalue weighted by Gasteiger charge is -2.28. The minimum atomic E-state index is -1.00. The monoisotopic (exact) mass is 412 g/mol. The SMILES string of the molecule is C=C[C@H]1C[C@@H]([N+](=O)[O-])[C@H](c2ccc(OC)c(OC)c2)N1C(=O)OCc1ccccc1. The quantitative estimate of drug-likeness (QED) is 0.388. The molecule has 8 nitrogen and oxygen atoms in total. The summed E-state index contributed by atoms with van der Waals surface area (Å²) in [6, 6.07) is 11.9. The number of rotatable bonds is 7. The molecule has 2 aromatic carbocycles. The van der Waals surface area contributed by atoms with Crippen molar-refractivity contribution in [1.29, 1.82) is 0 Å². The number of ether oxygens (including phenoxy) is 3. The second-order valence-corrected chi connectivity index (χ2v) is 6.90. The molecule has 1 aliphatic rings. The van der Waals surface area contributed by atoms with Crippen molar-refractivity contribution in [3.8, 4) is 11.5 Å². The van der Waals surface area contributed by atoms with Gasteiger partial charge in [-0.1, -0.05) is 42.5 Å². The Balaban J connectivity index is 1.94. The lowest BCUT2D eigenvalue weighted by molar-refractivity contribution is -0.525. The van der Waals surface area contributed by atoms with E-state index in [0.29, 0.717) is 17.1 Å². The molecule has 0 spiro atoms. The van der Waals surface area contributed by atoms with Crippen molar-refractivity contribution in [2.24, 2.45) is 0 Å².